The van der Waals surface area contributed by atoms with Crippen molar-refractivity contribution in [3.05, 3.63) is 206 Å². The van der Waals surface area contributed by atoms with E-state index in [1.807, 2.05) is 0 Å². The average molecular weight is 783 g/mol. The van der Waals surface area contributed by atoms with Crippen molar-refractivity contribution in [3.8, 4) is 39.1 Å². The van der Waals surface area contributed by atoms with Crippen molar-refractivity contribution in [2.75, 3.05) is 4.90 Å². The molecular formula is C52H32F2N4S. The van der Waals surface area contributed by atoms with Crippen molar-refractivity contribution in [1.82, 2.24) is 13.3 Å². The van der Waals surface area contributed by atoms with Crippen LogP contribution in [0.2, 0.25) is 0 Å². The number of fused-ring (bicyclic) bond motifs is 6. The summed E-state index contributed by atoms with van der Waals surface area (Å²) in [5.41, 5.74) is 13.7. The molecule has 0 N–H and O–H groups in total. The lowest BCUT2D eigenvalue weighted by molar-refractivity contribution is 0.627. The van der Waals surface area contributed by atoms with Crippen LogP contribution in [0.3, 0.4) is 0 Å². The van der Waals surface area contributed by atoms with Crippen molar-refractivity contribution in [1.29, 1.82) is 0 Å². The summed E-state index contributed by atoms with van der Waals surface area (Å²) in [6, 6.07) is 64.2. The Morgan fingerprint density at radius 3 is 1.58 bits per heavy atom. The van der Waals surface area contributed by atoms with E-state index in [0.29, 0.717) is 0 Å². The summed E-state index contributed by atoms with van der Waals surface area (Å²) < 4.78 is 39.6. The van der Waals surface area contributed by atoms with E-state index in [2.05, 4.69) is 155 Å². The Morgan fingerprint density at radius 1 is 0.424 bits per heavy atom. The Kier molecular flexibility index (Phi) is 8.34. The molecule has 0 aliphatic rings. The molecule has 0 saturated carbocycles. The first-order chi connectivity index (χ1) is 29.1. The third-order valence-corrected chi connectivity index (χ3v) is 11.8. The molecule has 9 aromatic carbocycles. The lowest BCUT2D eigenvalue weighted by Gasteiger charge is -2.26. The van der Waals surface area contributed by atoms with E-state index in [0.717, 1.165) is 67.2 Å². The highest BCUT2D eigenvalue weighted by Crippen LogP contribution is 2.43. The van der Waals surface area contributed by atoms with Crippen LogP contribution < -0.4 is 4.90 Å². The number of aromatic nitrogens is 3. The SMILES string of the molecule is Fc1ccc(-c2ccc(N(c3ccc(-c4ccc(F)cc4)cc3)c3ccc(-c4ccc(-n5c6ccccc6c6ccc7ccccc7c65)cc4)c4nsnc34)cc2)cc1. The maximum atomic E-state index is 13.7. The fraction of sp³-hybridized carbons (Fsp3) is 0. The topological polar surface area (TPSA) is 34.0 Å². The summed E-state index contributed by atoms with van der Waals surface area (Å²) >= 11 is 1.20. The van der Waals surface area contributed by atoms with Crippen LogP contribution in [0.1, 0.15) is 0 Å². The van der Waals surface area contributed by atoms with Gasteiger partial charge in [-0.25, -0.2) is 8.78 Å². The van der Waals surface area contributed by atoms with Crippen molar-refractivity contribution < 1.29 is 8.78 Å². The van der Waals surface area contributed by atoms with Crippen molar-refractivity contribution in [2.45, 2.75) is 0 Å². The standard InChI is InChI=1S/C52H32F2N4S/c53-39-20-9-33(10-21-39)35-13-24-41(25-14-35)57(42-26-15-36(16-27-42)34-11-22-40(54)23-12-34)49-32-31-44(50-51(49)56-59-55-50)38-17-28-43(29-18-38)58-48-8-4-3-7-46(48)47-30-19-37-5-1-2-6-45(37)52(47)58/h1-32H. The van der Waals surface area contributed by atoms with Crippen LogP contribution in [0.15, 0.2) is 194 Å². The van der Waals surface area contributed by atoms with Gasteiger partial charge in [0.15, 0.2) is 0 Å². The summed E-state index contributed by atoms with van der Waals surface area (Å²) in [4.78, 5) is 2.19. The fourth-order valence-corrected chi connectivity index (χ4v) is 8.94. The average Bonchev–Trinajstić information content (AvgIpc) is 3.92. The second kappa shape index (κ2) is 14.2. The van der Waals surface area contributed by atoms with Gasteiger partial charge < -0.3 is 9.47 Å². The molecule has 0 spiro atoms. The highest BCUT2D eigenvalue weighted by atomic mass is 32.1. The normalized spacial score (nSPS) is 11.6. The minimum Gasteiger partial charge on any atom is -0.309 e. The zero-order chi connectivity index (χ0) is 39.5. The van der Waals surface area contributed by atoms with Gasteiger partial charge in [0, 0.05) is 38.8 Å². The first kappa shape index (κ1) is 34.7. The molecular weight excluding hydrogens is 751 g/mol. The number of para-hydroxylation sites is 1. The molecule has 2 heterocycles. The summed E-state index contributed by atoms with van der Waals surface area (Å²) in [5, 5.41) is 4.88. The Labute approximate surface area is 342 Å². The first-order valence-corrected chi connectivity index (χ1v) is 20.1. The number of anilines is 3. The van der Waals surface area contributed by atoms with E-state index in [1.54, 1.807) is 24.3 Å². The van der Waals surface area contributed by atoms with Crippen LogP contribution in [0.4, 0.5) is 25.8 Å². The Bertz CT molecular complexity index is 3230. The van der Waals surface area contributed by atoms with E-state index in [-0.39, 0.29) is 11.6 Å². The molecule has 0 radical (unpaired) electrons. The molecule has 0 saturated heterocycles. The highest BCUT2D eigenvalue weighted by molar-refractivity contribution is 7.00. The van der Waals surface area contributed by atoms with Gasteiger partial charge >= 0.3 is 0 Å². The Balaban J connectivity index is 1.01. The van der Waals surface area contributed by atoms with Crippen molar-refractivity contribution >= 4 is 72.4 Å². The predicted octanol–water partition coefficient (Wildman–Crippen LogP) is 14.7. The van der Waals surface area contributed by atoms with Crippen LogP contribution in [-0.4, -0.2) is 13.3 Å². The molecule has 280 valence electrons. The van der Waals surface area contributed by atoms with E-state index in [4.69, 9.17) is 8.75 Å². The summed E-state index contributed by atoms with van der Waals surface area (Å²) in [5.74, 6) is -0.532. The third-order valence-electron chi connectivity index (χ3n) is 11.2. The van der Waals surface area contributed by atoms with Crippen LogP contribution >= 0.6 is 11.7 Å². The molecule has 11 aromatic rings. The number of halogens is 2. The van der Waals surface area contributed by atoms with Gasteiger partial charge in [0.1, 0.15) is 22.7 Å². The van der Waals surface area contributed by atoms with Crippen molar-refractivity contribution in [2.24, 2.45) is 0 Å². The highest BCUT2D eigenvalue weighted by Gasteiger charge is 2.21. The largest absolute Gasteiger partial charge is 0.309 e. The van der Waals surface area contributed by atoms with E-state index in [1.165, 1.54) is 68.6 Å². The van der Waals surface area contributed by atoms with E-state index >= 15 is 0 Å². The number of hydrogen-bond donors (Lipinski definition) is 0. The van der Waals surface area contributed by atoms with Crippen LogP contribution in [0.25, 0.3) is 82.7 Å². The summed E-state index contributed by atoms with van der Waals surface area (Å²) in [7, 11) is 0. The van der Waals surface area contributed by atoms with Gasteiger partial charge in [-0.3, -0.25) is 0 Å². The number of rotatable bonds is 7. The van der Waals surface area contributed by atoms with Crippen LogP contribution in [0, 0.1) is 11.6 Å². The smallest absolute Gasteiger partial charge is 0.129 e. The maximum Gasteiger partial charge on any atom is 0.129 e. The lowest BCUT2D eigenvalue weighted by atomic mass is 10.0. The van der Waals surface area contributed by atoms with Gasteiger partial charge in [-0.15, -0.1) is 0 Å². The monoisotopic (exact) mass is 782 g/mol. The van der Waals surface area contributed by atoms with E-state index < -0.39 is 0 Å². The lowest BCUT2D eigenvalue weighted by Crippen LogP contribution is -2.10. The van der Waals surface area contributed by atoms with Gasteiger partial charge in [-0.2, -0.15) is 8.75 Å². The predicted molar refractivity (Wildman–Crippen MR) is 240 cm³/mol. The Morgan fingerprint density at radius 2 is 0.949 bits per heavy atom. The molecule has 11 rings (SSSR count). The van der Waals surface area contributed by atoms with E-state index in [9.17, 15) is 8.78 Å². The quantitative estimate of drug-likeness (QED) is 0.161. The van der Waals surface area contributed by atoms with Gasteiger partial charge in [-0.05, 0) is 112 Å². The van der Waals surface area contributed by atoms with Gasteiger partial charge in [0.2, 0.25) is 0 Å². The molecule has 0 aliphatic heterocycles. The van der Waals surface area contributed by atoms with Crippen molar-refractivity contribution in [3.63, 3.8) is 0 Å². The minimum atomic E-state index is -0.266. The van der Waals surface area contributed by atoms with Gasteiger partial charge in [0.05, 0.1) is 28.4 Å². The van der Waals surface area contributed by atoms with Gasteiger partial charge in [0.25, 0.3) is 0 Å². The molecule has 0 aliphatic carbocycles. The zero-order valence-corrected chi connectivity index (χ0v) is 32.2. The number of benzene rings is 9. The zero-order valence-electron chi connectivity index (χ0n) is 31.4. The number of hydrogen-bond acceptors (Lipinski definition) is 4. The molecule has 7 heteroatoms. The molecule has 0 bridgehead atoms. The second-order valence-electron chi connectivity index (χ2n) is 14.6. The fourth-order valence-electron chi connectivity index (χ4n) is 8.37. The second-order valence-corrected chi connectivity index (χ2v) is 15.1. The maximum absolute atomic E-state index is 13.7. The van der Waals surface area contributed by atoms with Crippen LogP contribution in [-0.2, 0) is 0 Å². The summed E-state index contributed by atoms with van der Waals surface area (Å²) in [6.07, 6.45) is 0. The molecule has 2 aromatic heterocycles. The number of nitrogens with zero attached hydrogens (tertiary/aromatic N) is 4. The molecule has 0 atom stereocenters. The first-order valence-electron chi connectivity index (χ1n) is 19.4. The van der Waals surface area contributed by atoms with Crippen LogP contribution in [0.5, 0.6) is 0 Å². The minimum absolute atomic E-state index is 0.266. The van der Waals surface area contributed by atoms with Gasteiger partial charge in [-0.1, -0.05) is 115 Å². The molecule has 0 fully saturated rings. The molecule has 4 nitrogen and oxygen atoms in total. The molecule has 0 amide bonds. The molecule has 59 heavy (non-hydrogen) atoms. The summed E-state index contributed by atoms with van der Waals surface area (Å²) in [6.45, 7) is 0. The molecule has 0 unspecified atom stereocenters. The third kappa shape index (κ3) is 6.02. The Hall–Kier alpha value is -7.48.